The number of aromatic nitrogens is 3. The van der Waals surface area contributed by atoms with E-state index in [1.165, 1.54) is 12.1 Å². The first kappa shape index (κ1) is 23.1. The lowest BCUT2D eigenvalue weighted by Gasteiger charge is -2.16. The van der Waals surface area contributed by atoms with E-state index in [1.807, 2.05) is 6.92 Å². The number of hydrogen-bond donors (Lipinski definition) is 4. The van der Waals surface area contributed by atoms with E-state index < -0.39 is 10.0 Å². The fourth-order valence-corrected chi connectivity index (χ4v) is 3.93. The Morgan fingerprint density at radius 1 is 1.13 bits per heavy atom. The Morgan fingerprint density at radius 3 is 2.48 bits per heavy atom. The molecule has 0 fully saturated rings. The van der Waals surface area contributed by atoms with Crippen molar-refractivity contribution in [2.24, 2.45) is 0 Å². The molecule has 0 unspecified atom stereocenters. The Balaban J connectivity index is 1.67. The van der Waals surface area contributed by atoms with Gasteiger partial charge in [0, 0.05) is 30.8 Å². The number of aliphatic hydroxyl groups is 1. The number of halogens is 1. The zero-order chi connectivity index (χ0) is 22.3. The van der Waals surface area contributed by atoms with Crippen molar-refractivity contribution in [3.8, 4) is 0 Å². The molecule has 3 rings (SSSR count). The van der Waals surface area contributed by atoms with Crippen LogP contribution in [0.2, 0.25) is 0 Å². The van der Waals surface area contributed by atoms with Crippen LogP contribution in [0.4, 0.5) is 17.5 Å². The van der Waals surface area contributed by atoms with Crippen molar-refractivity contribution in [1.82, 2.24) is 19.7 Å². The molecule has 0 amide bonds. The zero-order valence-electron chi connectivity index (χ0n) is 16.8. The molecule has 0 spiro atoms. The van der Waals surface area contributed by atoms with Gasteiger partial charge < -0.3 is 15.7 Å². The van der Waals surface area contributed by atoms with E-state index in [0.717, 1.165) is 12.0 Å². The minimum atomic E-state index is -3.65. The van der Waals surface area contributed by atoms with Crippen molar-refractivity contribution in [3.63, 3.8) is 0 Å². The Bertz CT molecular complexity index is 1090. The normalized spacial score (nSPS) is 12.4. The lowest BCUT2D eigenvalue weighted by Crippen LogP contribution is -2.23. The van der Waals surface area contributed by atoms with Crippen molar-refractivity contribution in [1.29, 1.82) is 0 Å². The van der Waals surface area contributed by atoms with Crippen LogP contribution in [0.25, 0.3) is 0 Å². The topological polar surface area (TPSA) is 129 Å². The number of benzene rings is 1. The average Bonchev–Trinajstić information content (AvgIpc) is 2.79. The molecule has 1 aromatic carbocycles. The van der Waals surface area contributed by atoms with Crippen LogP contribution in [0.3, 0.4) is 0 Å². The summed E-state index contributed by atoms with van der Waals surface area (Å²) in [5.41, 5.74) is 1.45. The molecule has 11 heteroatoms. The number of aliphatic hydroxyl groups excluding tert-OH is 1. The first-order valence-corrected chi connectivity index (χ1v) is 11.8. The predicted octanol–water partition coefficient (Wildman–Crippen LogP) is 3.04. The van der Waals surface area contributed by atoms with Gasteiger partial charge in [-0.2, -0.15) is 4.98 Å². The maximum Gasteiger partial charge on any atom is 0.240 e. The average molecular weight is 507 g/mol. The quantitative estimate of drug-likeness (QED) is 0.330. The van der Waals surface area contributed by atoms with Gasteiger partial charge in [0.1, 0.15) is 5.82 Å². The van der Waals surface area contributed by atoms with Gasteiger partial charge in [0.15, 0.2) is 0 Å². The molecule has 4 N–H and O–H groups in total. The number of rotatable bonds is 10. The van der Waals surface area contributed by atoms with E-state index in [9.17, 15) is 13.5 Å². The van der Waals surface area contributed by atoms with Gasteiger partial charge in [0.05, 0.1) is 22.0 Å². The third kappa shape index (κ3) is 6.44. The van der Waals surface area contributed by atoms with Gasteiger partial charge in [-0.25, -0.2) is 18.1 Å². The highest BCUT2D eigenvalue weighted by Gasteiger charge is 2.14. The summed E-state index contributed by atoms with van der Waals surface area (Å²) in [5.74, 6) is 0.892. The fraction of sp³-hybridized carbons (Fsp3) is 0.250. The van der Waals surface area contributed by atoms with Crippen LogP contribution < -0.4 is 15.4 Å². The fourth-order valence-electron chi connectivity index (χ4n) is 2.61. The van der Waals surface area contributed by atoms with Gasteiger partial charge >= 0.3 is 0 Å². The summed E-state index contributed by atoms with van der Waals surface area (Å²) in [6.45, 7) is 2.13. The number of hydrogen-bond acceptors (Lipinski definition) is 8. The van der Waals surface area contributed by atoms with Crippen LogP contribution in [0.5, 0.6) is 0 Å². The molecule has 1 atom stereocenters. The minimum Gasteiger partial charge on any atom is -0.394 e. The van der Waals surface area contributed by atoms with Crippen LogP contribution in [0, 0.1) is 0 Å². The van der Waals surface area contributed by atoms with Gasteiger partial charge in [-0.05, 0) is 64.3 Å². The summed E-state index contributed by atoms with van der Waals surface area (Å²) in [6, 6.07) is 9.68. The Kier molecular flexibility index (Phi) is 7.91. The maximum atomic E-state index is 12.5. The van der Waals surface area contributed by atoms with E-state index in [2.05, 4.69) is 46.2 Å². The smallest absolute Gasteiger partial charge is 0.240 e. The molecule has 0 bridgehead atoms. The van der Waals surface area contributed by atoms with E-state index in [0.29, 0.717) is 21.9 Å². The molecule has 3 aromatic rings. The zero-order valence-corrected chi connectivity index (χ0v) is 19.2. The summed E-state index contributed by atoms with van der Waals surface area (Å²) in [5, 5.41) is 15.6. The summed E-state index contributed by atoms with van der Waals surface area (Å²) in [6.07, 6.45) is 5.56. The Hall–Kier alpha value is -2.60. The summed E-state index contributed by atoms with van der Waals surface area (Å²) < 4.78 is 28.3. The highest BCUT2D eigenvalue weighted by atomic mass is 79.9. The molecule has 0 saturated carbocycles. The summed E-state index contributed by atoms with van der Waals surface area (Å²) in [4.78, 5) is 12.7. The van der Waals surface area contributed by atoms with Crippen molar-refractivity contribution in [2.75, 3.05) is 17.2 Å². The first-order chi connectivity index (χ1) is 14.9. The molecule has 2 aromatic heterocycles. The number of sulfonamides is 1. The van der Waals surface area contributed by atoms with Crippen LogP contribution in [0.15, 0.2) is 64.4 Å². The molecule has 2 heterocycles. The number of nitrogens with zero attached hydrogens (tertiary/aromatic N) is 3. The second-order valence-corrected chi connectivity index (χ2v) is 9.27. The number of nitrogens with one attached hydrogen (secondary N) is 3. The highest BCUT2D eigenvalue weighted by Crippen LogP contribution is 2.23. The minimum absolute atomic E-state index is 0.0131. The Labute approximate surface area is 189 Å². The van der Waals surface area contributed by atoms with Gasteiger partial charge in [0.25, 0.3) is 0 Å². The summed E-state index contributed by atoms with van der Waals surface area (Å²) >= 11 is 3.39. The molecule has 0 aliphatic rings. The third-order valence-corrected chi connectivity index (χ3v) is 6.43. The SMILES string of the molecule is CC[C@H](CO)Nc1nc(Nc2ccc(S(=O)(=O)NCc3ccncc3)cc2)ncc1Br. The number of anilines is 3. The van der Waals surface area contributed by atoms with Crippen molar-refractivity contribution >= 4 is 43.4 Å². The van der Waals surface area contributed by atoms with Crippen molar-refractivity contribution in [3.05, 3.63) is 65.0 Å². The lowest BCUT2D eigenvalue weighted by molar-refractivity contribution is 0.271. The molecule has 0 radical (unpaired) electrons. The van der Waals surface area contributed by atoms with Gasteiger partial charge in [0.2, 0.25) is 16.0 Å². The number of pyridine rings is 1. The standard InChI is InChI=1S/C20H23BrN6O3S/c1-2-15(13-28)25-19-18(21)12-23-20(27-19)26-16-3-5-17(6-4-16)31(29,30)24-11-14-7-9-22-10-8-14/h3-10,12,15,24,28H,2,11,13H2,1H3,(H2,23,25,26,27)/t15-/m1/s1. The van der Waals surface area contributed by atoms with E-state index in [4.69, 9.17) is 0 Å². The molecule has 0 aliphatic heterocycles. The monoisotopic (exact) mass is 506 g/mol. The molecule has 31 heavy (non-hydrogen) atoms. The van der Waals surface area contributed by atoms with Crippen molar-refractivity contribution < 1.29 is 13.5 Å². The molecular weight excluding hydrogens is 484 g/mol. The molecule has 0 aliphatic carbocycles. The third-order valence-electron chi connectivity index (χ3n) is 4.43. The first-order valence-electron chi connectivity index (χ1n) is 9.57. The second kappa shape index (κ2) is 10.6. The maximum absolute atomic E-state index is 12.5. The molecule has 164 valence electrons. The van der Waals surface area contributed by atoms with Gasteiger partial charge in [-0.1, -0.05) is 6.92 Å². The molecule has 9 nitrogen and oxygen atoms in total. The lowest BCUT2D eigenvalue weighted by atomic mass is 10.2. The van der Waals surface area contributed by atoms with Crippen LogP contribution in [-0.4, -0.2) is 41.1 Å². The van der Waals surface area contributed by atoms with Gasteiger partial charge in [-0.3, -0.25) is 4.98 Å². The predicted molar refractivity (Wildman–Crippen MR) is 123 cm³/mol. The summed E-state index contributed by atoms with van der Waals surface area (Å²) in [7, 11) is -3.65. The van der Waals surface area contributed by atoms with Gasteiger partial charge in [-0.15, -0.1) is 0 Å². The van der Waals surface area contributed by atoms with E-state index in [-0.39, 0.29) is 24.1 Å². The largest absolute Gasteiger partial charge is 0.394 e. The van der Waals surface area contributed by atoms with E-state index >= 15 is 0 Å². The second-order valence-electron chi connectivity index (χ2n) is 6.65. The highest BCUT2D eigenvalue weighted by molar-refractivity contribution is 9.10. The molecule has 0 saturated heterocycles. The molecular formula is C20H23BrN6O3S. The Morgan fingerprint density at radius 2 is 1.84 bits per heavy atom. The van der Waals surface area contributed by atoms with Crippen LogP contribution in [0.1, 0.15) is 18.9 Å². The van der Waals surface area contributed by atoms with Crippen LogP contribution in [-0.2, 0) is 16.6 Å². The van der Waals surface area contributed by atoms with Crippen molar-refractivity contribution in [2.45, 2.75) is 30.8 Å². The van der Waals surface area contributed by atoms with E-state index in [1.54, 1.807) is 42.9 Å². The van der Waals surface area contributed by atoms with Crippen LogP contribution >= 0.6 is 15.9 Å².